The summed E-state index contributed by atoms with van der Waals surface area (Å²) in [7, 11) is 0. The van der Waals surface area contributed by atoms with Crippen LogP contribution in [-0.4, -0.2) is 59.7 Å². The van der Waals surface area contributed by atoms with Crippen LogP contribution in [0.4, 0.5) is 0 Å². The van der Waals surface area contributed by atoms with E-state index in [9.17, 15) is 14.4 Å². The Morgan fingerprint density at radius 3 is 2.20 bits per heavy atom. The Kier molecular flexibility index (Phi) is 8.57. The molecule has 0 saturated heterocycles. The summed E-state index contributed by atoms with van der Waals surface area (Å²) in [5.74, 6) is -1.68. The van der Waals surface area contributed by atoms with Crippen LogP contribution >= 0.6 is 23.2 Å². The van der Waals surface area contributed by atoms with E-state index >= 15 is 0 Å². The van der Waals surface area contributed by atoms with E-state index in [1.807, 2.05) is 0 Å². The van der Waals surface area contributed by atoms with Gasteiger partial charge in [0.1, 0.15) is 23.9 Å². The van der Waals surface area contributed by atoms with Crippen molar-refractivity contribution in [3.63, 3.8) is 0 Å². The van der Waals surface area contributed by atoms with Crippen LogP contribution in [0.1, 0.15) is 20.8 Å². The molecule has 0 aliphatic carbocycles. The van der Waals surface area contributed by atoms with Crippen LogP contribution < -0.4 is 5.32 Å². The van der Waals surface area contributed by atoms with E-state index in [0.717, 1.165) is 0 Å². The molecule has 0 radical (unpaired) electrons. The van der Waals surface area contributed by atoms with Crippen LogP contribution in [0.2, 0.25) is 0 Å². The highest BCUT2D eigenvalue weighted by Gasteiger charge is 2.21. The standard InChI is InChI=1S/C12H20Cl2N2O4/c1-12(2,3)20-11(19)8-16(10(18)7-14)5-4-15-9(17)6-13/h4-8H2,1-3H3,(H,15,17). The molecule has 0 aromatic heterocycles. The summed E-state index contributed by atoms with van der Waals surface area (Å²) >= 11 is 10.8. The smallest absolute Gasteiger partial charge is 0.326 e. The Morgan fingerprint density at radius 2 is 1.75 bits per heavy atom. The van der Waals surface area contributed by atoms with Crippen molar-refractivity contribution in [1.82, 2.24) is 10.2 Å². The maximum absolute atomic E-state index is 11.7. The van der Waals surface area contributed by atoms with Crippen LogP contribution in [0.25, 0.3) is 0 Å². The Hall–Kier alpha value is -1.01. The molecule has 0 fully saturated rings. The number of carbonyl (C=O) groups excluding carboxylic acids is 3. The van der Waals surface area contributed by atoms with Crippen molar-refractivity contribution in [3.8, 4) is 0 Å². The topological polar surface area (TPSA) is 75.7 Å². The minimum absolute atomic E-state index is 0.157. The average Bonchev–Trinajstić information content (AvgIpc) is 2.34. The van der Waals surface area contributed by atoms with E-state index in [2.05, 4.69) is 5.32 Å². The third-order valence-corrected chi connectivity index (χ3v) is 2.50. The summed E-state index contributed by atoms with van der Waals surface area (Å²) < 4.78 is 5.13. The van der Waals surface area contributed by atoms with Gasteiger partial charge in [-0.05, 0) is 20.8 Å². The van der Waals surface area contributed by atoms with Crippen molar-refractivity contribution >= 4 is 41.0 Å². The van der Waals surface area contributed by atoms with Gasteiger partial charge < -0.3 is 15.0 Å². The van der Waals surface area contributed by atoms with Crippen molar-refractivity contribution in [2.75, 3.05) is 31.4 Å². The predicted octanol–water partition coefficient (Wildman–Crippen LogP) is 0.750. The first-order chi connectivity index (χ1) is 9.19. The highest BCUT2D eigenvalue weighted by atomic mass is 35.5. The fraction of sp³-hybridized carbons (Fsp3) is 0.750. The molecule has 6 nitrogen and oxygen atoms in total. The molecular weight excluding hydrogens is 307 g/mol. The van der Waals surface area contributed by atoms with E-state index in [0.29, 0.717) is 0 Å². The molecule has 116 valence electrons. The van der Waals surface area contributed by atoms with Crippen molar-refractivity contribution in [3.05, 3.63) is 0 Å². The van der Waals surface area contributed by atoms with Crippen LogP contribution in [0.5, 0.6) is 0 Å². The lowest BCUT2D eigenvalue weighted by Gasteiger charge is -2.24. The van der Waals surface area contributed by atoms with Gasteiger partial charge in [-0.15, -0.1) is 23.2 Å². The van der Waals surface area contributed by atoms with Gasteiger partial charge in [-0.3, -0.25) is 14.4 Å². The number of nitrogens with zero attached hydrogens (tertiary/aromatic N) is 1. The van der Waals surface area contributed by atoms with Crippen LogP contribution in [0.3, 0.4) is 0 Å². The number of rotatable bonds is 7. The van der Waals surface area contributed by atoms with Gasteiger partial charge in [-0.2, -0.15) is 0 Å². The van der Waals surface area contributed by atoms with Crippen molar-refractivity contribution in [1.29, 1.82) is 0 Å². The first-order valence-electron chi connectivity index (χ1n) is 6.08. The first kappa shape index (κ1) is 19.0. The zero-order valence-electron chi connectivity index (χ0n) is 11.9. The SMILES string of the molecule is CC(C)(C)OC(=O)CN(CCNC(=O)CCl)C(=O)CCl. The molecule has 0 heterocycles. The lowest BCUT2D eigenvalue weighted by molar-refractivity contribution is -0.158. The molecule has 0 aromatic rings. The van der Waals surface area contributed by atoms with Crippen molar-refractivity contribution in [2.45, 2.75) is 26.4 Å². The minimum atomic E-state index is -0.625. The molecule has 0 saturated carbocycles. The third-order valence-electron chi connectivity index (χ3n) is 2.03. The molecule has 0 aliphatic rings. The number of nitrogens with one attached hydrogen (secondary N) is 1. The normalized spacial score (nSPS) is 10.8. The molecule has 0 atom stereocenters. The Balaban J connectivity index is 4.39. The number of halogens is 2. The summed E-state index contributed by atoms with van der Waals surface area (Å²) in [6.07, 6.45) is 0. The number of carbonyl (C=O) groups is 3. The molecule has 0 spiro atoms. The van der Waals surface area contributed by atoms with Gasteiger partial charge in [-0.25, -0.2) is 0 Å². The summed E-state index contributed by atoms with van der Waals surface area (Å²) in [5.41, 5.74) is -0.625. The number of amides is 2. The Morgan fingerprint density at radius 1 is 1.15 bits per heavy atom. The first-order valence-corrected chi connectivity index (χ1v) is 7.14. The minimum Gasteiger partial charge on any atom is -0.459 e. The average molecular weight is 327 g/mol. The number of ether oxygens (including phenoxy) is 1. The molecule has 8 heteroatoms. The number of alkyl halides is 2. The van der Waals surface area contributed by atoms with E-state index in [1.54, 1.807) is 20.8 Å². The lowest BCUT2D eigenvalue weighted by atomic mass is 10.2. The van der Waals surface area contributed by atoms with Crippen molar-refractivity contribution in [2.24, 2.45) is 0 Å². The number of hydrogen-bond acceptors (Lipinski definition) is 4. The van der Waals surface area contributed by atoms with Gasteiger partial charge in [-0.1, -0.05) is 0 Å². The molecule has 0 aromatic carbocycles. The Labute approximate surface area is 128 Å². The monoisotopic (exact) mass is 326 g/mol. The number of esters is 1. The predicted molar refractivity (Wildman–Crippen MR) is 76.9 cm³/mol. The van der Waals surface area contributed by atoms with Crippen LogP contribution in [-0.2, 0) is 19.1 Å². The Bertz CT molecular complexity index is 356. The van der Waals surface area contributed by atoms with Gasteiger partial charge in [0.25, 0.3) is 0 Å². The van der Waals surface area contributed by atoms with Gasteiger partial charge in [0.15, 0.2) is 0 Å². The highest BCUT2D eigenvalue weighted by Crippen LogP contribution is 2.07. The molecule has 0 aliphatic heterocycles. The second-order valence-electron chi connectivity index (χ2n) is 5.02. The quantitative estimate of drug-likeness (QED) is 0.553. The number of hydrogen-bond donors (Lipinski definition) is 1. The van der Waals surface area contributed by atoms with Gasteiger partial charge in [0, 0.05) is 13.1 Å². The van der Waals surface area contributed by atoms with E-state index in [1.165, 1.54) is 4.90 Å². The highest BCUT2D eigenvalue weighted by molar-refractivity contribution is 6.27. The molecule has 0 unspecified atom stereocenters. The second kappa shape index (κ2) is 9.02. The molecule has 1 N–H and O–H groups in total. The molecule has 0 bridgehead atoms. The largest absolute Gasteiger partial charge is 0.459 e. The van der Waals surface area contributed by atoms with Crippen LogP contribution in [0.15, 0.2) is 0 Å². The summed E-state index contributed by atoms with van der Waals surface area (Å²) in [5, 5.41) is 2.50. The summed E-state index contributed by atoms with van der Waals surface area (Å²) in [6.45, 7) is 5.35. The van der Waals surface area contributed by atoms with Crippen LogP contribution in [0, 0.1) is 0 Å². The molecule has 2 amide bonds. The lowest BCUT2D eigenvalue weighted by Crippen LogP contribution is -2.43. The molecule has 20 heavy (non-hydrogen) atoms. The molecular formula is C12H20Cl2N2O4. The van der Waals surface area contributed by atoms with Crippen molar-refractivity contribution < 1.29 is 19.1 Å². The molecule has 0 rings (SSSR count). The second-order valence-corrected chi connectivity index (χ2v) is 5.55. The summed E-state index contributed by atoms with van der Waals surface area (Å²) in [6, 6.07) is 0. The fourth-order valence-corrected chi connectivity index (χ4v) is 1.55. The van der Waals surface area contributed by atoms with E-state index < -0.39 is 17.5 Å². The maximum Gasteiger partial charge on any atom is 0.326 e. The van der Waals surface area contributed by atoms with E-state index in [-0.39, 0.29) is 37.3 Å². The third kappa shape index (κ3) is 8.98. The van der Waals surface area contributed by atoms with Gasteiger partial charge in [0.2, 0.25) is 11.8 Å². The zero-order chi connectivity index (χ0) is 15.8. The van der Waals surface area contributed by atoms with Gasteiger partial charge >= 0.3 is 5.97 Å². The summed E-state index contributed by atoms with van der Waals surface area (Å²) in [4.78, 5) is 35.5. The fourth-order valence-electron chi connectivity index (χ4n) is 1.28. The van der Waals surface area contributed by atoms with E-state index in [4.69, 9.17) is 27.9 Å². The zero-order valence-corrected chi connectivity index (χ0v) is 13.4. The maximum atomic E-state index is 11.7. The van der Waals surface area contributed by atoms with Gasteiger partial charge in [0.05, 0.1) is 0 Å².